The average Bonchev–Trinajstić information content (AvgIpc) is 2.40. The van der Waals surface area contributed by atoms with Gasteiger partial charge in [-0.15, -0.1) is 0 Å². The maximum Gasteiger partial charge on any atom is 0.341 e. The van der Waals surface area contributed by atoms with Crippen molar-refractivity contribution in [3.05, 3.63) is 56.4 Å². The second kappa shape index (κ2) is 5.83. The van der Waals surface area contributed by atoms with Crippen LogP contribution in [0.4, 0.5) is 10.1 Å². The lowest BCUT2D eigenvalue weighted by Gasteiger charge is -2.08. The molecule has 9 heteroatoms. The normalized spacial score (nSPS) is 10.2. The Labute approximate surface area is 125 Å². The molecule has 0 atom stereocenters. The third-order valence-corrected chi connectivity index (χ3v) is 2.79. The first-order chi connectivity index (χ1) is 9.86. The quantitative estimate of drug-likeness (QED) is 0.665. The lowest BCUT2D eigenvalue weighted by atomic mass is 10.2. The summed E-state index contributed by atoms with van der Waals surface area (Å²) in [4.78, 5) is 24.7. The molecule has 0 saturated heterocycles. The van der Waals surface area contributed by atoms with E-state index in [9.17, 15) is 19.3 Å². The molecule has 0 radical (unpaired) electrons. The van der Waals surface area contributed by atoms with Crippen molar-refractivity contribution in [3.63, 3.8) is 0 Å². The molecule has 2 rings (SSSR count). The van der Waals surface area contributed by atoms with Gasteiger partial charge in [0.15, 0.2) is 0 Å². The van der Waals surface area contributed by atoms with Crippen LogP contribution in [-0.2, 0) is 0 Å². The zero-order chi connectivity index (χ0) is 15.6. The number of hydrogen-bond acceptors (Lipinski definition) is 5. The molecule has 0 aliphatic heterocycles. The largest absolute Gasteiger partial charge is 0.477 e. The van der Waals surface area contributed by atoms with Crippen LogP contribution >= 0.6 is 15.9 Å². The van der Waals surface area contributed by atoms with Crippen molar-refractivity contribution in [2.75, 3.05) is 0 Å². The van der Waals surface area contributed by atoms with Crippen LogP contribution < -0.4 is 4.74 Å². The molecular weight excluding hydrogens is 351 g/mol. The Morgan fingerprint density at radius 3 is 2.71 bits per heavy atom. The van der Waals surface area contributed by atoms with Crippen LogP contribution in [-0.4, -0.2) is 21.0 Å². The average molecular weight is 357 g/mol. The summed E-state index contributed by atoms with van der Waals surface area (Å²) >= 11 is 3.07. The summed E-state index contributed by atoms with van der Waals surface area (Å²) in [6.07, 6.45) is 0.786. The van der Waals surface area contributed by atoms with Crippen molar-refractivity contribution >= 4 is 27.6 Å². The highest BCUT2D eigenvalue weighted by Crippen LogP contribution is 2.30. The number of halogens is 2. The number of ether oxygens (including phenoxy) is 1. The summed E-state index contributed by atoms with van der Waals surface area (Å²) in [5.74, 6) is -2.63. The highest BCUT2D eigenvalue weighted by Gasteiger charge is 2.17. The maximum absolute atomic E-state index is 13.0. The van der Waals surface area contributed by atoms with E-state index in [0.29, 0.717) is 4.47 Å². The van der Waals surface area contributed by atoms with E-state index in [0.717, 1.165) is 18.3 Å². The molecule has 1 aromatic carbocycles. The Morgan fingerprint density at radius 1 is 1.38 bits per heavy atom. The number of aromatic carboxylic acids is 1. The Kier molecular flexibility index (Phi) is 4.13. The highest BCUT2D eigenvalue weighted by atomic mass is 79.9. The second-order valence-electron chi connectivity index (χ2n) is 3.82. The number of aromatic nitrogens is 1. The number of non-ortho nitro benzene ring substituents is 1. The fourth-order valence-electron chi connectivity index (χ4n) is 1.49. The standard InChI is InChI=1S/C12H6BrFN2O5/c13-6-1-8(16(19)20)4-9(2-6)21-11-10(12(17)18)3-7(14)5-15-11/h1-5H,(H,17,18). The van der Waals surface area contributed by atoms with Crippen LogP contribution in [0.15, 0.2) is 34.9 Å². The number of carbonyl (C=O) groups is 1. The first kappa shape index (κ1) is 14.9. The number of carboxylic acids is 1. The van der Waals surface area contributed by atoms with Crippen molar-refractivity contribution in [1.29, 1.82) is 0 Å². The zero-order valence-corrected chi connectivity index (χ0v) is 11.7. The monoisotopic (exact) mass is 356 g/mol. The molecule has 0 aliphatic rings. The van der Waals surface area contributed by atoms with Crippen molar-refractivity contribution < 1.29 is 24.0 Å². The maximum atomic E-state index is 13.0. The zero-order valence-electron chi connectivity index (χ0n) is 10.1. The molecule has 108 valence electrons. The summed E-state index contributed by atoms with van der Waals surface area (Å²) in [5, 5.41) is 19.7. The van der Waals surface area contributed by atoms with Gasteiger partial charge in [0.05, 0.1) is 17.2 Å². The van der Waals surface area contributed by atoms with Gasteiger partial charge < -0.3 is 9.84 Å². The van der Waals surface area contributed by atoms with E-state index in [1.807, 2.05) is 0 Å². The molecule has 1 N–H and O–H groups in total. The summed E-state index contributed by atoms with van der Waals surface area (Å²) in [7, 11) is 0. The van der Waals surface area contributed by atoms with E-state index in [4.69, 9.17) is 9.84 Å². The minimum absolute atomic E-state index is 0.00215. The van der Waals surface area contributed by atoms with Crippen LogP contribution in [0.25, 0.3) is 0 Å². The van der Waals surface area contributed by atoms with Gasteiger partial charge in [-0.05, 0) is 12.1 Å². The summed E-state index contributed by atoms with van der Waals surface area (Å²) in [6.45, 7) is 0. The Hall–Kier alpha value is -2.55. The van der Waals surface area contributed by atoms with Crippen LogP contribution in [0.1, 0.15) is 10.4 Å². The number of nitrogens with zero attached hydrogens (tertiary/aromatic N) is 2. The lowest BCUT2D eigenvalue weighted by molar-refractivity contribution is -0.385. The molecule has 1 heterocycles. The number of rotatable bonds is 4. The molecule has 0 aliphatic carbocycles. The van der Waals surface area contributed by atoms with Gasteiger partial charge >= 0.3 is 5.97 Å². The van der Waals surface area contributed by atoms with Crippen molar-refractivity contribution in [1.82, 2.24) is 4.98 Å². The highest BCUT2D eigenvalue weighted by molar-refractivity contribution is 9.10. The summed E-state index contributed by atoms with van der Waals surface area (Å²) < 4.78 is 18.6. The molecule has 0 unspecified atom stereocenters. The van der Waals surface area contributed by atoms with Gasteiger partial charge in [-0.3, -0.25) is 10.1 Å². The van der Waals surface area contributed by atoms with E-state index in [2.05, 4.69) is 20.9 Å². The Balaban J connectivity index is 2.43. The van der Waals surface area contributed by atoms with Crippen LogP contribution in [0.5, 0.6) is 11.6 Å². The molecule has 7 nitrogen and oxygen atoms in total. The Morgan fingerprint density at radius 2 is 2.10 bits per heavy atom. The predicted molar refractivity (Wildman–Crippen MR) is 72.0 cm³/mol. The van der Waals surface area contributed by atoms with E-state index >= 15 is 0 Å². The fraction of sp³-hybridized carbons (Fsp3) is 0. The van der Waals surface area contributed by atoms with Crippen molar-refractivity contribution in [3.8, 4) is 11.6 Å². The number of nitro benzene ring substituents is 1. The van der Waals surface area contributed by atoms with Crippen LogP contribution in [0.3, 0.4) is 0 Å². The van der Waals surface area contributed by atoms with E-state index < -0.39 is 22.3 Å². The topological polar surface area (TPSA) is 103 Å². The number of hydrogen-bond donors (Lipinski definition) is 1. The summed E-state index contributed by atoms with van der Waals surface area (Å²) in [6, 6.07) is 4.49. The SMILES string of the molecule is O=C(O)c1cc(F)cnc1Oc1cc(Br)cc([N+](=O)[O-])c1. The molecule has 0 saturated carbocycles. The molecular formula is C12H6BrFN2O5. The molecule has 0 amide bonds. The summed E-state index contributed by atoms with van der Waals surface area (Å²) in [5.41, 5.74) is -0.740. The minimum atomic E-state index is -1.43. The number of pyridine rings is 1. The molecule has 0 spiro atoms. The smallest absolute Gasteiger partial charge is 0.341 e. The van der Waals surface area contributed by atoms with E-state index in [1.54, 1.807) is 0 Å². The number of benzene rings is 1. The number of carboxylic acid groups (broad SMARTS) is 1. The minimum Gasteiger partial charge on any atom is -0.477 e. The van der Waals surface area contributed by atoms with Crippen molar-refractivity contribution in [2.45, 2.75) is 0 Å². The third kappa shape index (κ3) is 3.51. The van der Waals surface area contributed by atoms with Gasteiger partial charge in [0, 0.05) is 10.5 Å². The Bertz CT molecular complexity index is 738. The third-order valence-electron chi connectivity index (χ3n) is 2.33. The predicted octanol–water partition coefficient (Wildman–Crippen LogP) is 3.38. The molecule has 2 aromatic rings. The van der Waals surface area contributed by atoms with Gasteiger partial charge in [-0.25, -0.2) is 14.2 Å². The van der Waals surface area contributed by atoms with E-state index in [1.165, 1.54) is 12.1 Å². The first-order valence-electron chi connectivity index (χ1n) is 5.38. The van der Waals surface area contributed by atoms with Crippen LogP contribution in [0, 0.1) is 15.9 Å². The molecule has 1 aromatic heterocycles. The lowest BCUT2D eigenvalue weighted by Crippen LogP contribution is -2.03. The van der Waals surface area contributed by atoms with Gasteiger partial charge in [-0.1, -0.05) is 15.9 Å². The van der Waals surface area contributed by atoms with Gasteiger partial charge in [0.2, 0.25) is 5.88 Å². The number of nitro groups is 1. The first-order valence-corrected chi connectivity index (χ1v) is 6.18. The molecule has 0 fully saturated rings. The molecule has 21 heavy (non-hydrogen) atoms. The van der Waals surface area contributed by atoms with Gasteiger partial charge in [0.25, 0.3) is 5.69 Å². The van der Waals surface area contributed by atoms with Crippen LogP contribution in [0.2, 0.25) is 0 Å². The fourth-order valence-corrected chi connectivity index (χ4v) is 1.95. The van der Waals surface area contributed by atoms with E-state index in [-0.39, 0.29) is 17.3 Å². The second-order valence-corrected chi connectivity index (χ2v) is 4.73. The molecule has 0 bridgehead atoms. The van der Waals surface area contributed by atoms with Gasteiger partial charge in [0.1, 0.15) is 17.1 Å². The van der Waals surface area contributed by atoms with Crippen molar-refractivity contribution in [2.24, 2.45) is 0 Å². The van der Waals surface area contributed by atoms with Gasteiger partial charge in [-0.2, -0.15) is 0 Å².